The Bertz CT molecular complexity index is 1220. The normalized spacial score (nSPS) is 28.2. The zero-order chi connectivity index (χ0) is 29.0. The summed E-state index contributed by atoms with van der Waals surface area (Å²) < 4.78 is 17.9. The zero-order valence-electron chi connectivity index (χ0n) is 24.8. The van der Waals surface area contributed by atoms with Crippen molar-refractivity contribution in [2.24, 2.45) is 16.1 Å². The molecule has 1 aliphatic carbocycles. The van der Waals surface area contributed by atoms with E-state index in [9.17, 15) is 4.79 Å². The highest BCUT2D eigenvalue weighted by molar-refractivity contribution is 6.38. The molecule has 0 radical (unpaired) electrons. The first kappa shape index (κ1) is 30.2. The third-order valence-electron chi connectivity index (χ3n) is 8.93. The van der Waals surface area contributed by atoms with Crippen LogP contribution in [0.1, 0.15) is 94.7 Å². The number of aryl methyl sites for hydroxylation is 1. The average molecular weight is 548 g/mol. The van der Waals surface area contributed by atoms with Crippen molar-refractivity contribution in [3.8, 4) is 6.07 Å². The van der Waals surface area contributed by atoms with Crippen LogP contribution in [0.25, 0.3) is 5.57 Å². The van der Waals surface area contributed by atoms with Gasteiger partial charge in [0.1, 0.15) is 0 Å². The van der Waals surface area contributed by atoms with Crippen molar-refractivity contribution < 1.29 is 19.0 Å². The molecule has 216 valence electrons. The number of nitrogens with two attached hydrogens (primary N) is 1. The number of benzene rings is 1. The molecule has 1 aromatic rings. The summed E-state index contributed by atoms with van der Waals surface area (Å²) in [5.41, 5.74) is 11.2. The molecule has 2 N–H and O–H groups in total. The van der Waals surface area contributed by atoms with Crippen LogP contribution in [0.3, 0.4) is 0 Å². The van der Waals surface area contributed by atoms with Crippen molar-refractivity contribution >= 4 is 17.2 Å². The topological polar surface area (TPSA) is 107 Å². The van der Waals surface area contributed by atoms with E-state index in [0.29, 0.717) is 36.5 Å². The second kappa shape index (κ2) is 12.4. The van der Waals surface area contributed by atoms with Gasteiger partial charge in [-0.1, -0.05) is 38.1 Å². The highest BCUT2D eigenvalue weighted by Crippen LogP contribution is 2.54. The average Bonchev–Trinajstić information content (AvgIpc) is 3.19. The smallest absolute Gasteiger partial charge is 0.197 e. The van der Waals surface area contributed by atoms with Gasteiger partial charge in [-0.2, -0.15) is 5.26 Å². The van der Waals surface area contributed by atoms with Gasteiger partial charge in [-0.05, 0) is 91.9 Å². The molecule has 0 spiro atoms. The van der Waals surface area contributed by atoms with Crippen LogP contribution < -0.4 is 5.73 Å². The number of methoxy groups -OCH3 is 2. The molecule has 2 bridgehead atoms. The van der Waals surface area contributed by atoms with Crippen molar-refractivity contribution in [1.82, 2.24) is 0 Å². The largest absolute Gasteiger partial charge is 0.382 e. The third kappa shape index (κ3) is 6.91. The molecular weight excluding hydrogens is 502 g/mol. The number of Topliss-reactive ketones (excluding diaryl/α,β-unsaturated/α-hetero) is 1. The molecule has 2 saturated heterocycles. The third-order valence-corrected chi connectivity index (χ3v) is 8.93. The van der Waals surface area contributed by atoms with E-state index < -0.39 is 0 Å². The van der Waals surface area contributed by atoms with Gasteiger partial charge in [-0.3, -0.25) is 4.79 Å². The van der Waals surface area contributed by atoms with Crippen LogP contribution in [0.4, 0.5) is 0 Å². The maximum Gasteiger partial charge on any atom is 0.197 e. The molecule has 7 nitrogen and oxygen atoms in total. The van der Waals surface area contributed by atoms with Crippen LogP contribution in [0, 0.1) is 16.7 Å². The second-order valence-corrected chi connectivity index (χ2v) is 12.8. The number of aliphatic imine (C=N–C) groups is 1. The van der Waals surface area contributed by atoms with Crippen LogP contribution >= 0.6 is 0 Å². The van der Waals surface area contributed by atoms with Crippen molar-refractivity contribution in [2.45, 2.75) is 95.7 Å². The van der Waals surface area contributed by atoms with Crippen LogP contribution in [-0.2, 0) is 25.4 Å². The van der Waals surface area contributed by atoms with E-state index in [4.69, 9.17) is 25.2 Å². The number of carbonyl (C=O) groups is 1. The Morgan fingerprint density at radius 1 is 1.18 bits per heavy atom. The summed E-state index contributed by atoms with van der Waals surface area (Å²) in [6, 6.07) is 8.80. The van der Waals surface area contributed by atoms with Gasteiger partial charge in [0.25, 0.3) is 0 Å². The molecule has 1 unspecified atom stereocenters. The molecule has 0 aromatic heterocycles. The molecule has 2 aliphatic heterocycles. The predicted octanol–water partition coefficient (Wildman–Crippen LogP) is 6.02. The summed E-state index contributed by atoms with van der Waals surface area (Å²) >= 11 is 0. The number of hydrogen-bond acceptors (Lipinski definition) is 6. The first-order valence-corrected chi connectivity index (χ1v) is 14.5. The molecule has 1 aromatic carbocycles. The Labute approximate surface area is 239 Å². The van der Waals surface area contributed by atoms with Crippen LogP contribution in [0.15, 0.2) is 41.0 Å². The number of fused-ring (bicyclic) bond motifs is 2. The van der Waals surface area contributed by atoms with Crippen molar-refractivity contribution in [1.29, 1.82) is 5.26 Å². The lowest BCUT2D eigenvalue weighted by Crippen LogP contribution is -2.48. The summed E-state index contributed by atoms with van der Waals surface area (Å²) in [4.78, 5) is 16.7. The van der Waals surface area contributed by atoms with Gasteiger partial charge in [0.15, 0.2) is 11.6 Å². The zero-order valence-corrected chi connectivity index (χ0v) is 24.8. The van der Waals surface area contributed by atoms with Crippen LogP contribution in [0.2, 0.25) is 0 Å². The Morgan fingerprint density at radius 2 is 1.85 bits per heavy atom. The van der Waals surface area contributed by atoms with E-state index in [0.717, 1.165) is 50.5 Å². The fourth-order valence-electron chi connectivity index (χ4n) is 6.69. The molecule has 2 heterocycles. The first-order chi connectivity index (χ1) is 19.0. The maximum absolute atomic E-state index is 12.8. The van der Waals surface area contributed by atoms with Gasteiger partial charge in [-0.25, -0.2) is 4.99 Å². The molecule has 2 fully saturated rings. The van der Waals surface area contributed by atoms with Gasteiger partial charge >= 0.3 is 0 Å². The lowest BCUT2D eigenvalue weighted by molar-refractivity contribution is -0.184. The summed E-state index contributed by atoms with van der Waals surface area (Å²) in [5, 5.41) is 8.92. The lowest BCUT2D eigenvalue weighted by Gasteiger charge is -2.44. The van der Waals surface area contributed by atoms with Crippen molar-refractivity contribution in [2.75, 3.05) is 27.4 Å². The number of allylic oxidation sites excluding steroid dienone is 3. The number of rotatable bonds is 11. The van der Waals surface area contributed by atoms with Gasteiger partial charge < -0.3 is 19.9 Å². The minimum absolute atomic E-state index is 0.0593. The molecule has 7 heteroatoms. The lowest BCUT2D eigenvalue weighted by atomic mass is 9.75. The molecule has 0 saturated carbocycles. The summed E-state index contributed by atoms with van der Waals surface area (Å²) in [6.07, 6.45) is 11.6. The molecule has 0 amide bonds. The summed E-state index contributed by atoms with van der Waals surface area (Å²) in [6.45, 7) is 7.46. The second-order valence-electron chi connectivity index (χ2n) is 12.8. The Balaban J connectivity index is 1.63. The van der Waals surface area contributed by atoms with Crippen molar-refractivity contribution in [3.63, 3.8) is 0 Å². The van der Waals surface area contributed by atoms with Crippen LogP contribution in [0.5, 0.6) is 0 Å². The highest BCUT2D eigenvalue weighted by atomic mass is 16.6. The maximum atomic E-state index is 12.8. The van der Waals surface area contributed by atoms with Gasteiger partial charge in [0.05, 0.1) is 30.5 Å². The summed E-state index contributed by atoms with van der Waals surface area (Å²) in [5.74, 6) is 0.0744. The minimum Gasteiger partial charge on any atom is -0.382 e. The predicted molar refractivity (Wildman–Crippen MR) is 158 cm³/mol. The SMILES string of the molecule is COC[C@@]12CC[C@@](COC)(CC(c3ccc(CCC(=O)C(N)=N/C=C(\C)C#N)c(C4=CCC(C)(C)CC4)c3)C1)O2. The standard InChI is InChI=1S/C33H45N3O4/c1-23(19-34)20-36-30(35)29(37)9-8-24-6-7-26(16-28(24)25-10-12-31(2,3)13-11-25)27-17-32(21-38-4)14-15-33(18-27,40-32)22-39-5/h6-7,10,16,20,27H,8-9,11-15,17-18,21-22H2,1-5H3,(H2,35,36)/b23-20+/t27?,32-,33+. The van der Waals surface area contributed by atoms with Gasteiger partial charge in [-0.15, -0.1) is 0 Å². The molecule has 3 aliphatic rings. The van der Waals surface area contributed by atoms with E-state index in [-0.39, 0.29) is 29.2 Å². The van der Waals surface area contributed by atoms with E-state index in [2.05, 4.69) is 43.1 Å². The summed E-state index contributed by atoms with van der Waals surface area (Å²) in [7, 11) is 3.50. The number of nitriles is 1. The number of amidine groups is 1. The van der Waals surface area contributed by atoms with Crippen molar-refractivity contribution in [3.05, 3.63) is 52.7 Å². The number of hydrogen-bond donors (Lipinski definition) is 1. The Morgan fingerprint density at radius 3 is 2.42 bits per heavy atom. The molecular formula is C33H45N3O4. The number of carbonyl (C=O) groups excluding carboxylic acids is 1. The number of ketones is 1. The van der Waals surface area contributed by atoms with E-state index in [1.165, 1.54) is 22.9 Å². The fourth-order valence-corrected chi connectivity index (χ4v) is 6.69. The fraction of sp³-hybridized carbons (Fsp3) is 0.606. The number of nitrogens with zero attached hydrogens (tertiary/aromatic N) is 2. The molecule has 40 heavy (non-hydrogen) atoms. The Hall–Kier alpha value is -2.79. The van der Waals surface area contributed by atoms with Crippen LogP contribution in [-0.4, -0.2) is 50.3 Å². The monoisotopic (exact) mass is 547 g/mol. The van der Waals surface area contributed by atoms with E-state index in [1.807, 2.05) is 6.07 Å². The molecule has 4 rings (SSSR count). The minimum atomic E-state index is -0.273. The molecule has 3 atom stereocenters. The highest BCUT2D eigenvalue weighted by Gasteiger charge is 2.55. The first-order valence-electron chi connectivity index (χ1n) is 14.5. The number of ether oxygens (including phenoxy) is 3. The Kier molecular flexibility index (Phi) is 9.34. The van der Waals surface area contributed by atoms with Gasteiger partial charge in [0.2, 0.25) is 0 Å². The van der Waals surface area contributed by atoms with E-state index in [1.54, 1.807) is 21.1 Å². The quantitative estimate of drug-likeness (QED) is 0.206. The van der Waals surface area contributed by atoms with E-state index >= 15 is 0 Å². The van der Waals surface area contributed by atoms with Gasteiger partial charge in [0, 0.05) is 32.4 Å².